The van der Waals surface area contributed by atoms with E-state index in [4.69, 9.17) is 4.74 Å². The van der Waals surface area contributed by atoms with Gasteiger partial charge in [-0.1, -0.05) is 15.9 Å². The molecule has 1 aliphatic rings. The number of hydrogen-bond donors (Lipinski definition) is 0. The van der Waals surface area contributed by atoms with Gasteiger partial charge in [-0.3, -0.25) is 9.59 Å². The molecule has 7 heteroatoms. The summed E-state index contributed by atoms with van der Waals surface area (Å²) in [7, 11) is 0. The van der Waals surface area contributed by atoms with Gasteiger partial charge in [-0.25, -0.2) is 9.18 Å². The van der Waals surface area contributed by atoms with E-state index in [2.05, 4.69) is 15.9 Å². The number of carbonyl (C=O) groups excluding carboxylic acids is 3. The van der Waals surface area contributed by atoms with Crippen LogP contribution in [0.15, 0.2) is 46.9 Å². The smallest absolute Gasteiger partial charge is 0.331 e. The highest BCUT2D eigenvalue weighted by Gasteiger charge is 2.25. The van der Waals surface area contributed by atoms with Crippen molar-refractivity contribution < 1.29 is 23.5 Å². The Morgan fingerprint density at radius 3 is 2.69 bits per heavy atom. The number of benzene rings is 2. The number of rotatable bonds is 5. The van der Waals surface area contributed by atoms with E-state index >= 15 is 0 Å². The number of esters is 1. The van der Waals surface area contributed by atoms with Gasteiger partial charge in [0.15, 0.2) is 6.10 Å². The zero-order valence-corrected chi connectivity index (χ0v) is 17.5. The third-order valence-electron chi connectivity index (χ3n) is 4.66. The van der Waals surface area contributed by atoms with Crippen LogP contribution in [-0.2, 0) is 20.7 Å². The highest BCUT2D eigenvalue weighted by atomic mass is 79.9. The highest BCUT2D eigenvalue weighted by molar-refractivity contribution is 9.10. The summed E-state index contributed by atoms with van der Waals surface area (Å²) in [4.78, 5) is 37.9. The summed E-state index contributed by atoms with van der Waals surface area (Å²) < 4.78 is 19.6. The second-order valence-corrected chi connectivity index (χ2v) is 7.62. The van der Waals surface area contributed by atoms with Crippen molar-refractivity contribution in [2.24, 2.45) is 0 Å². The Kier molecular flexibility index (Phi) is 6.27. The molecule has 0 spiro atoms. The lowest BCUT2D eigenvalue weighted by Crippen LogP contribution is -2.26. The van der Waals surface area contributed by atoms with E-state index in [-0.39, 0.29) is 17.3 Å². The number of ketones is 1. The number of carbonyl (C=O) groups is 3. The van der Waals surface area contributed by atoms with Crippen LogP contribution in [0.5, 0.6) is 0 Å². The van der Waals surface area contributed by atoms with E-state index in [1.54, 1.807) is 29.2 Å². The van der Waals surface area contributed by atoms with Crippen LogP contribution in [0.25, 0.3) is 6.08 Å². The molecule has 5 nitrogen and oxygen atoms in total. The number of Topliss-reactive ketones (excluding diaryl/α,β-unsaturated/α-hetero) is 1. The summed E-state index contributed by atoms with van der Waals surface area (Å²) in [6.07, 6.45) is 2.06. The van der Waals surface area contributed by atoms with Gasteiger partial charge in [-0.05, 0) is 61.4 Å². The normalized spacial score (nSPS) is 14.0. The largest absolute Gasteiger partial charge is 0.451 e. The molecule has 0 bridgehead atoms. The van der Waals surface area contributed by atoms with E-state index in [0.29, 0.717) is 23.0 Å². The van der Waals surface area contributed by atoms with Crippen LogP contribution in [0.4, 0.5) is 10.1 Å². The second kappa shape index (κ2) is 8.69. The Hall–Kier alpha value is -2.80. The first-order valence-corrected chi connectivity index (χ1v) is 9.84. The van der Waals surface area contributed by atoms with E-state index in [1.807, 2.05) is 0 Å². The number of fused-ring (bicyclic) bond motifs is 1. The van der Waals surface area contributed by atoms with Gasteiger partial charge < -0.3 is 9.64 Å². The molecule has 2 aromatic rings. The fourth-order valence-electron chi connectivity index (χ4n) is 3.18. The molecule has 29 heavy (non-hydrogen) atoms. The summed E-state index contributed by atoms with van der Waals surface area (Å²) in [6, 6.07) is 9.46. The quantitative estimate of drug-likeness (QED) is 0.379. The minimum absolute atomic E-state index is 0.0428. The zero-order valence-electron chi connectivity index (χ0n) is 15.9. The van der Waals surface area contributed by atoms with Crippen LogP contribution in [0.2, 0.25) is 0 Å². The fourth-order valence-corrected chi connectivity index (χ4v) is 3.56. The van der Waals surface area contributed by atoms with Crippen molar-refractivity contribution in [3.05, 3.63) is 69.5 Å². The molecule has 150 valence electrons. The van der Waals surface area contributed by atoms with Gasteiger partial charge in [-0.2, -0.15) is 0 Å². The van der Waals surface area contributed by atoms with Crippen molar-refractivity contribution in [3.8, 4) is 0 Å². The average molecular weight is 460 g/mol. The van der Waals surface area contributed by atoms with Crippen LogP contribution < -0.4 is 4.90 Å². The molecule has 2 aromatic carbocycles. The molecule has 1 unspecified atom stereocenters. The lowest BCUT2D eigenvalue weighted by Gasteiger charge is -2.15. The third-order valence-corrected chi connectivity index (χ3v) is 5.15. The van der Waals surface area contributed by atoms with Crippen LogP contribution in [0.3, 0.4) is 0 Å². The molecule has 0 aliphatic carbocycles. The van der Waals surface area contributed by atoms with Gasteiger partial charge in [0.1, 0.15) is 5.82 Å². The van der Waals surface area contributed by atoms with Crippen molar-refractivity contribution in [2.45, 2.75) is 26.4 Å². The van der Waals surface area contributed by atoms with Gasteiger partial charge in [0.05, 0.1) is 0 Å². The molecule has 0 saturated carbocycles. The molecule has 0 aromatic heterocycles. The summed E-state index contributed by atoms with van der Waals surface area (Å²) >= 11 is 3.24. The predicted molar refractivity (Wildman–Crippen MR) is 111 cm³/mol. The maximum absolute atomic E-state index is 13.7. The number of amides is 1. The molecule has 1 amide bonds. The standard InChI is InChI=1S/C22H19BrFNO4/c1-13(29-21(27)8-4-15-12-18(23)5-6-19(15)24)22(28)17-3-7-20-16(11-17)9-10-25(20)14(2)26/h3-8,11-13H,9-10H2,1-2H3/b8-4+. The first kappa shape index (κ1) is 20.9. The SMILES string of the molecule is CC(=O)N1CCc2cc(C(=O)C(C)OC(=O)/C=C/c3cc(Br)ccc3F)ccc21. The average Bonchev–Trinajstić information content (AvgIpc) is 3.11. The van der Waals surface area contributed by atoms with Crippen LogP contribution in [0, 0.1) is 5.82 Å². The number of halogens is 2. The molecule has 3 rings (SSSR count). The second-order valence-electron chi connectivity index (χ2n) is 6.71. The number of hydrogen-bond acceptors (Lipinski definition) is 4. The topological polar surface area (TPSA) is 63.7 Å². The summed E-state index contributed by atoms with van der Waals surface area (Å²) in [5, 5.41) is 0. The monoisotopic (exact) mass is 459 g/mol. The highest BCUT2D eigenvalue weighted by Crippen LogP contribution is 2.29. The van der Waals surface area contributed by atoms with Crippen molar-refractivity contribution in [3.63, 3.8) is 0 Å². The van der Waals surface area contributed by atoms with E-state index in [1.165, 1.54) is 32.1 Å². The van der Waals surface area contributed by atoms with E-state index in [9.17, 15) is 18.8 Å². The van der Waals surface area contributed by atoms with Crippen molar-refractivity contribution in [1.29, 1.82) is 0 Å². The maximum atomic E-state index is 13.7. The Balaban J connectivity index is 1.66. The number of ether oxygens (including phenoxy) is 1. The van der Waals surface area contributed by atoms with Crippen LogP contribution >= 0.6 is 15.9 Å². The molecule has 1 aliphatic heterocycles. The van der Waals surface area contributed by atoms with E-state index < -0.39 is 17.9 Å². The molecule has 0 saturated heterocycles. The molecular weight excluding hydrogens is 441 g/mol. The third kappa shape index (κ3) is 4.79. The van der Waals surface area contributed by atoms with Gasteiger partial charge in [0.2, 0.25) is 11.7 Å². The molecule has 0 fully saturated rings. The summed E-state index contributed by atoms with van der Waals surface area (Å²) in [5.74, 6) is -1.60. The van der Waals surface area contributed by atoms with Gasteiger partial charge in [-0.15, -0.1) is 0 Å². The number of anilines is 1. The van der Waals surface area contributed by atoms with Crippen LogP contribution in [-0.4, -0.2) is 30.3 Å². The fraction of sp³-hybridized carbons (Fsp3) is 0.227. The van der Waals surface area contributed by atoms with E-state index in [0.717, 1.165) is 17.3 Å². The molecule has 0 radical (unpaired) electrons. The minimum atomic E-state index is -0.997. The predicted octanol–water partition coefficient (Wildman–Crippen LogP) is 4.33. The van der Waals surface area contributed by atoms with Gasteiger partial charge in [0, 0.05) is 40.8 Å². The van der Waals surface area contributed by atoms with Crippen LogP contribution in [0.1, 0.15) is 35.3 Å². The zero-order chi connectivity index (χ0) is 21.1. The lowest BCUT2D eigenvalue weighted by atomic mass is 10.0. The first-order chi connectivity index (χ1) is 13.8. The Labute approximate surface area is 176 Å². The Bertz CT molecular complexity index is 1020. The molecule has 1 heterocycles. The molecule has 1 atom stereocenters. The molecule has 0 N–H and O–H groups in total. The maximum Gasteiger partial charge on any atom is 0.331 e. The van der Waals surface area contributed by atoms with Gasteiger partial charge >= 0.3 is 5.97 Å². The Morgan fingerprint density at radius 2 is 1.97 bits per heavy atom. The summed E-state index contributed by atoms with van der Waals surface area (Å²) in [5.41, 5.74) is 2.35. The summed E-state index contributed by atoms with van der Waals surface area (Å²) in [6.45, 7) is 3.58. The van der Waals surface area contributed by atoms with Gasteiger partial charge in [0.25, 0.3) is 0 Å². The molecular formula is C22H19BrFNO4. The minimum Gasteiger partial charge on any atom is -0.451 e. The van der Waals surface area contributed by atoms with Crippen molar-refractivity contribution in [2.75, 3.05) is 11.4 Å². The lowest BCUT2D eigenvalue weighted by molar-refractivity contribution is -0.140. The first-order valence-electron chi connectivity index (χ1n) is 9.05. The van der Waals surface area contributed by atoms with Crippen molar-refractivity contribution in [1.82, 2.24) is 0 Å². The Morgan fingerprint density at radius 1 is 1.21 bits per heavy atom. The number of nitrogens with zero attached hydrogens (tertiary/aromatic N) is 1. The van der Waals surface area contributed by atoms with Crippen molar-refractivity contribution >= 4 is 45.4 Å².